The predicted molar refractivity (Wildman–Crippen MR) is 205 cm³/mol. The molecule has 5 aliphatic rings. The molecule has 1 aromatic carbocycles. The first-order valence-corrected chi connectivity index (χ1v) is 18.4. The van der Waals surface area contributed by atoms with Gasteiger partial charge < -0.3 is 45.8 Å². The number of phenolic OH excluding ortho intramolecular Hbond substituents is 1. The van der Waals surface area contributed by atoms with Crippen molar-refractivity contribution in [2.75, 3.05) is 0 Å². The number of carbonyl (C=O) groups is 3. The van der Waals surface area contributed by atoms with E-state index in [-0.39, 0.29) is 136 Å². The third-order valence-corrected chi connectivity index (χ3v) is 10.9. The summed E-state index contributed by atoms with van der Waals surface area (Å²) >= 11 is 0. The van der Waals surface area contributed by atoms with E-state index in [0.717, 1.165) is 22.3 Å². The molecule has 1 amide bonds. The molecule has 5 aliphatic heterocycles. The van der Waals surface area contributed by atoms with Crippen LogP contribution >= 0.6 is 0 Å². The van der Waals surface area contributed by atoms with E-state index in [1.54, 1.807) is 19.1 Å². The summed E-state index contributed by atoms with van der Waals surface area (Å²) in [5, 5.41) is 63.5. The smallest absolute Gasteiger partial charge is 0.629 e. The molecule has 0 aliphatic carbocycles. The normalized spacial score (nSPS) is 20.8. The zero-order valence-corrected chi connectivity index (χ0v) is 40.8. The molecule has 13 nitrogen and oxygen atoms in total. The number of hydrogen-bond donors (Lipinski definition) is 4. The zero-order chi connectivity index (χ0) is 40.6. The Kier molecular flexibility index (Phi) is 17.6. The molecular weight excluding hydrogens is 783 g/mol. The Morgan fingerprint density at radius 3 is 2.15 bits per heavy atom. The first-order valence-electron chi connectivity index (χ1n) is 18.4. The SMILES string of the molecule is C=CC1=C(C)C2=NC1=CC1=NC(=CC3=C(C)/C(=C(\[O-])O)C(=N3)C(CC(=O)NC(Cc3ccc(O)cc3)C(=O)[O-])=C3NC(=C2)[C@@H](C)[C@@H]3CCC(=O)[O-])C(CC)=C1C.[Na+].[Na+].[Na+]. The molecule has 59 heavy (non-hydrogen) atoms. The number of aliphatic hydroxyl groups excluding tert-OH is 1. The minimum absolute atomic E-state index is 0. The molecule has 1 aromatic rings. The number of carboxylic acid groups (broad SMARTS) is 2. The molecule has 1 saturated heterocycles. The second-order valence-electron chi connectivity index (χ2n) is 14.3. The summed E-state index contributed by atoms with van der Waals surface area (Å²) in [6.07, 6.45) is 6.90. The summed E-state index contributed by atoms with van der Waals surface area (Å²) in [6, 6.07) is 4.35. The van der Waals surface area contributed by atoms with Gasteiger partial charge in [0.15, 0.2) is 0 Å². The van der Waals surface area contributed by atoms with E-state index in [1.807, 2.05) is 39.8 Å². The summed E-state index contributed by atoms with van der Waals surface area (Å²) in [6.45, 7) is 13.4. The van der Waals surface area contributed by atoms with Crippen LogP contribution in [0.2, 0.25) is 0 Å². The van der Waals surface area contributed by atoms with Crippen LogP contribution in [0, 0.1) is 11.8 Å². The number of fused-ring (bicyclic) bond motifs is 5. The molecule has 0 aromatic heterocycles. The van der Waals surface area contributed by atoms with Gasteiger partial charge in [-0.25, -0.2) is 15.0 Å². The van der Waals surface area contributed by atoms with Gasteiger partial charge in [0.1, 0.15) is 5.75 Å². The molecule has 8 bridgehead atoms. The maximum Gasteiger partial charge on any atom is 1.00 e. The number of benzene rings is 1. The Balaban J connectivity index is 0.00000310. The molecular formula is C43H42N5Na3O8. The van der Waals surface area contributed by atoms with Crippen LogP contribution in [-0.2, 0) is 20.8 Å². The van der Waals surface area contributed by atoms with Crippen LogP contribution in [0.5, 0.6) is 5.75 Å². The monoisotopic (exact) mass is 825 g/mol. The van der Waals surface area contributed by atoms with E-state index < -0.39 is 42.2 Å². The van der Waals surface area contributed by atoms with Gasteiger partial charge >= 0.3 is 88.7 Å². The molecule has 0 radical (unpaired) electrons. The number of aliphatic hydroxyl groups is 1. The van der Waals surface area contributed by atoms with E-state index in [4.69, 9.17) is 15.0 Å². The summed E-state index contributed by atoms with van der Waals surface area (Å²) in [7, 11) is 0. The first kappa shape index (κ1) is 49.9. The van der Waals surface area contributed by atoms with Gasteiger partial charge in [0, 0.05) is 45.9 Å². The number of amides is 1. The summed E-state index contributed by atoms with van der Waals surface area (Å²) < 4.78 is 0. The average molecular weight is 826 g/mol. The van der Waals surface area contributed by atoms with Gasteiger partial charge in [0.25, 0.3) is 0 Å². The predicted octanol–water partition coefficient (Wildman–Crippen LogP) is -6.13. The molecule has 0 spiro atoms. The fourth-order valence-electron chi connectivity index (χ4n) is 7.78. The van der Waals surface area contributed by atoms with Crippen molar-refractivity contribution in [3.63, 3.8) is 0 Å². The third-order valence-electron chi connectivity index (χ3n) is 10.9. The maximum atomic E-state index is 14.0. The van der Waals surface area contributed by atoms with Gasteiger partial charge in [-0.1, -0.05) is 38.6 Å². The van der Waals surface area contributed by atoms with Crippen molar-refractivity contribution in [1.29, 1.82) is 0 Å². The second kappa shape index (κ2) is 20.8. The van der Waals surface area contributed by atoms with Crippen LogP contribution < -0.4 is 115 Å². The van der Waals surface area contributed by atoms with Crippen molar-refractivity contribution in [2.24, 2.45) is 26.8 Å². The molecule has 5 heterocycles. The number of phenols is 1. The minimum Gasteiger partial charge on any atom is -0.629 e. The van der Waals surface area contributed by atoms with Crippen molar-refractivity contribution in [3.8, 4) is 5.75 Å². The largest absolute Gasteiger partial charge is 1.00 e. The molecule has 0 saturated carbocycles. The van der Waals surface area contributed by atoms with Crippen LogP contribution in [-0.4, -0.2) is 51.2 Å². The van der Waals surface area contributed by atoms with Gasteiger partial charge in [-0.2, -0.15) is 0 Å². The number of nitrogens with one attached hydrogen (secondary N) is 2. The minimum atomic E-state index is -1.55. The van der Waals surface area contributed by atoms with Gasteiger partial charge in [-0.3, -0.25) is 4.79 Å². The third kappa shape index (κ3) is 10.5. The number of hydrogen-bond acceptors (Lipinski definition) is 12. The van der Waals surface area contributed by atoms with Crippen molar-refractivity contribution < 1.29 is 129 Å². The molecule has 290 valence electrons. The molecule has 16 heteroatoms. The summed E-state index contributed by atoms with van der Waals surface area (Å²) in [4.78, 5) is 52.9. The quantitative estimate of drug-likeness (QED) is 0.123. The van der Waals surface area contributed by atoms with Crippen molar-refractivity contribution in [3.05, 3.63) is 134 Å². The number of nitrogens with zero attached hydrogens (tertiary/aromatic N) is 3. The fraction of sp³-hybridized carbons (Fsp3) is 0.302. The van der Waals surface area contributed by atoms with Crippen molar-refractivity contribution in [1.82, 2.24) is 10.6 Å². The average Bonchev–Trinajstić information content (AvgIpc) is 3.83. The number of carboxylic acids is 2. The van der Waals surface area contributed by atoms with Crippen molar-refractivity contribution >= 4 is 35.0 Å². The van der Waals surface area contributed by atoms with E-state index in [1.165, 1.54) is 24.3 Å². The fourth-order valence-corrected chi connectivity index (χ4v) is 7.78. The van der Waals surface area contributed by atoms with E-state index in [0.29, 0.717) is 57.5 Å². The summed E-state index contributed by atoms with van der Waals surface area (Å²) in [5.41, 5.74) is 8.23. The molecule has 4 N–H and O–H groups in total. The topological polar surface area (TPSA) is 222 Å². The second-order valence-corrected chi connectivity index (χ2v) is 14.3. The molecule has 3 atom stereocenters. The Labute approximate surface area is 409 Å². The van der Waals surface area contributed by atoms with E-state index in [2.05, 4.69) is 17.2 Å². The number of rotatable bonds is 11. The van der Waals surface area contributed by atoms with Crippen LogP contribution in [0.15, 0.2) is 144 Å². The standard InChI is InChI=1S/C43H45N5O8.3Na/c1-7-26-20(3)30-17-32-22(5)28(13-14-38(51)52)40(47-32)29(16-37(50)46-36(42(53)54)15-24-9-11-25(49)12-10-24)41-39(43(55)56)23(6)33(48-41)19-35-27(8-2)21(4)31(45-35)18-34(26)44-30;;;/h7,9-12,17-19,22,28,36,47,49,55-56H,1,8,13-16H2,2-6H3,(H,46,50)(H,51,52)(H,53,54);;;/q;3*+1/p-3/t22-,28-,36?;;;/m0.../s1. The van der Waals surface area contributed by atoms with E-state index >= 15 is 0 Å². The molecule has 1 fully saturated rings. The van der Waals surface area contributed by atoms with Gasteiger partial charge in [0.2, 0.25) is 5.91 Å². The molecule has 6 rings (SSSR count). The number of allylic oxidation sites excluding steroid dienone is 11. The van der Waals surface area contributed by atoms with Gasteiger partial charge in [-0.05, 0) is 105 Å². The van der Waals surface area contributed by atoms with Gasteiger partial charge in [0.05, 0.1) is 58.6 Å². The maximum absolute atomic E-state index is 14.0. The van der Waals surface area contributed by atoms with E-state index in [9.17, 15) is 39.9 Å². The number of aliphatic imine (C=N–C) groups is 3. The van der Waals surface area contributed by atoms with Crippen LogP contribution in [0.1, 0.15) is 65.9 Å². The zero-order valence-electron chi connectivity index (χ0n) is 34.8. The van der Waals surface area contributed by atoms with Crippen LogP contribution in [0.4, 0.5) is 0 Å². The Hall–Kier alpha value is -3.50. The Morgan fingerprint density at radius 2 is 1.56 bits per heavy atom. The Morgan fingerprint density at radius 1 is 0.915 bits per heavy atom. The number of carbonyl (C=O) groups excluding carboxylic acids is 3. The number of aromatic hydroxyl groups is 1. The molecule has 1 unspecified atom stereocenters. The number of aliphatic carboxylic acids is 2. The van der Waals surface area contributed by atoms with Crippen LogP contribution in [0.3, 0.4) is 0 Å². The first-order chi connectivity index (χ1) is 26.6. The van der Waals surface area contributed by atoms with Crippen LogP contribution in [0.25, 0.3) is 0 Å². The van der Waals surface area contributed by atoms with Gasteiger partial charge in [-0.15, -0.1) is 0 Å². The Bertz CT molecular complexity index is 2320. The summed E-state index contributed by atoms with van der Waals surface area (Å²) in [5.74, 6) is -5.86. The van der Waals surface area contributed by atoms with Crippen molar-refractivity contribution in [2.45, 2.75) is 72.8 Å².